The lowest BCUT2D eigenvalue weighted by atomic mass is 10.1. The van der Waals surface area contributed by atoms with Gasteiger partial charge in [-0.15, -0.1) is 0 Å². The fraction of sp³-hybridized carbons (Fsp3) is 0.833. The van der Waals surface area contributed by atoms with Crippen molar-refractivity contribution < 1.29 is 17.7 Å². The second kappa shape index (κ2) is 5.80. The lowest BCUT2D eigenvalue weighted by molar-refractivity contribution is -0.143. The summed E-state index contributed by atoms with van der Waals surface area (Å²) < 4.78 is 42.4. The molecule has 6 nitrogen and oxygen atoms in total. The van der Waals surface area contributed by atoms with E-state index in [0.717, 1.165) is 26.2 Å². The molecule has 0 saturated carbocycles. The minimum Gasteiger partial charge on any atom is -0.337 e. The molecule has 118 valence electrons. The average molecular weight is 305 g/mol. The van der Waals surface area contributed by atoms with Crippen molar-refractivity contribution in [2.24, 2.45) is 0 Å². The largest absolute Gasteiger partial charge is 0.401 e. The Bertz CT molecular complexity index is 472. The van der Waals surface area contributed by atoms with Crippen molar-refractivity contribution in [2.75, 3.05) is 50.7 Å². The highest BCUT2D eigenvalue weighted by Crippen LogP contribution is 2.29. The van der Waals surface area contributed by atoms with Crippen LogP contribution in [0, 0.1) is 0 Å². The topological polar surface area (TPSA) is 57.4 Å². The summed E-state index contributed by atoms with van der Waals surface area (Å²) in [4.78, 5) is 7.77. The van der Waals surface area contributed by atoms with Crippen molar-refractivity contribution in [1.29, 1.82) is 0 Å². The van der Waals surface area contributed by atoms with Gasteiger partial charge in [0.05, 0.1) is 12.5 Å². The molecule has 2 aliphatic heterocycles. The molecule has 21 heavy (non-hydrogen) atoms. The van der Waals surface area contributed by atoms with E-state index >= 15 is 0 Å². The number of aromatic nitrogens is 2. The van der Waals surface area contributed by atoms with Crippen LogP contribution in [0.3, 0.4) is 0 Å². The minimum atomic E-state index is -4.16. The van der Waals surface area contributed by atoms with E-state index in [0.29, 0.717) is 31.3 Å². The number of anilines is 1. The van der Waals surface area contributed by atoms with Crippen LogP contribution in [0.2, 0.25) is 0 Å². The first kappa shape index (κ1) is 14.6. The summed E-state index contributed by atoms with van der Waals surface area (Å²) in [5.41, 5.74) is 0. The molecule has 2 fully saturated rings. The molecule has 1 atom stereocenters. The molecule has 0 aliphatic carbocycles. The van der Waals surface area contributed by atoms with E-state index in [-0.39, 0.29) is 5.92 Å². The maximum atomic E-state index is 12.4. The third kappa shape index (κ3) is 3.65. The maximum absolute atomic E-state index is 12.4. The highest BCUT2D eigenvalue weighted by molar-refractivity contribution is 5.29. The van der Waals surface area contributed by atoms with Crippen LogP contribution in [0.25, 0.3) is 0 Å². The van der Waals surface area contributed by atoms with Gasteiger partial charge in [-0.25, -0.2) is 0 Å². The van der Waals surface area contributed by atoms with Crippen molar-refractivity contribution in [3.8, 4) is 0 Å². The highest BCUT2D eigenvalue weighted by atomic mass is 19.4. The summed E-state index contributed by atoms with van der Waals surface area (Å²) in [6, 6.07) is 0. The molecule has 0 aromatic carbocycles. The first-order valence-electron chi connectivity index (χ1n) is 7.10. The van der Waals surface area contributed by atoms with E-state index in [1.54, 1.807) is 0 Å². The number of nitrogens with one attached hydrogen (secondary N) is 1. The first-order valence-corrected chi connectivity index (χ1v) is 7.10. The second-order valence-corrected chi connectivity index (χ2v) is 5.51. The molecule has 9 heteroatoms. The summed E-state index contributed by atoms with van der Waals surface area (Å²) in [6.07, 6.45) is -3.53. The standard InChI is InChI=1S/C12H18F3N5O/c13-12(14,15)8-19-4-1-9(7-19)10-17-11(18-21-10)20-5-2-16-3-6-20/h9,16H,1-8H2. The Morgan fingerprint density at radius 3 is 2.71 bits per heavy atom. The van der Waals surface area contributed by atoms with E-state index in [2.05, 4.69) is 15.5 Å². The lowest BCUT2D eigenvalue weighted by Gasteiger charge is -2.25. The zero-order valence-corrected chi connectivity index (χ0v) is 11.6. The van der Waals surface area contributed by atoms with Gasteiger partial charge in [0.25, 0.3) is 5.95 Å². The van der Waals surface area contributed by atoms with Crippen LogP contribution in [0.15, 0.2) is 4.52 Å². The molecule has 1 unspecified atom stereocenters. The summed E-state index contributed by atoms with van der Waals surface area (Å²) in [5.74, 6) is 0.894. The summed E-state index contributed by atoms with van der Waals surface area (Å²) in [6.45, 7) is 3.22. The van der Waals surface area contributed by atoms with Crippen LogP contribution >= 0.6 is 0 Å². The predicted molar refractivity (Wildman–Crippen MR) is 69.2 cm³/mol. The number of hydrogen-bond acceptors (Lipinski definition) is 6. The molecule has 0 radical (unpaired) electrons. The third-order valence-corrected chi connectivity index (χ3v) is 3.86. The fourth-order valence-electron chi connectivity index (χ4n) is 2.82. The maximum Gasteiger partial charge on any atom is 0.401 e. The third-order valence-electron chi connectivity index (χ3n) is 3.86. The molecule has 1 aromatic heterocycles. The van der Waals surface area contributed by atoms with Gasteiger partial charge < -0.3 is 14.7 Å². The molecule has 1 N–H and O–H groups in total. The average Bonchev–Trinajstić information content (AvgIpc) is 3.06. The van der Waals surface area contributed by atoms with Crippen molar-refractivity contribution in [2.45, 2.75) is 18.5 Å². The van der Waals surface area contributed by atoms with Gasteiger partial charge in [0.1, 0.15) is 0 Å². The van der Waals surface area contributed by atoms with Gasteiger partial charge in [-0.1, -0.05) is 0 Å². The number of alkyl halides is 3. The molecular weight excluding hydrogens is 287 g/mol. The van der Waals surface area contributed by atoms with Crippen LogP contribution in [0.1, 0.15) is 18.2 Å². The predicted octanol–water partition coefficient (Wildman–Crippen LogP) is 0.831. The number of piperazine rings is 1. The van der Waals surface area contributed by atoms with Gasteiger partial charge in [0, 0.05) is 32.7 Å². The molecule has 2 aliphatic rings. The number of likely N-dealkylation sites (tertiary alicyclic amines) is 1. The van der Waals surface area contributed by atoms with Crippen LogP contribution in [-0.2, 0) is 0 Å². The SMILES string of the molecule is FC(F)(F)CN1CCC(c2nc(N3CCNCC3)no2)C1. The smallest absolute Gasteiger partial charge is 0.337 e. The first-order chi connectivity index (χ1) is 10.0. The Hall–Kier alpha value is -1.35. The quantitative estimate of drug-likeness (QED) is 0.893. The molecule has 3 rings (SSSR count). The van der Waals surface area contributed by atoms with Gasteiger partial charge in [0.15, 0.2) is 0 Å². The molecule has 1 aromatic rings. The molecule has 3 heterocycles. The van der Waals surface area contributed by atoms with Crippen LogP contribution in [0.5, 0.6) is 0 Å². The van der Waals surface area contributed by atoms with Gasteiger partial charge in [-0.2, -0.15) is 18.2 Å². The zero-order valence-electron chi connectivity index (χ0n) is 11.6. The van der Waals surface area contributed by atoms with Crippen molar-refractivity contribution in [3.05, 3.63) is 5.89 Å². The van der Waals surface area contributed by atoms with Crippen LogP contribution < -0.4 is 10.2 Å². The van der Waals surface area contributed by atoms with Gasteiger partial charge in [-0.05, 0) is 18.1 Å². The Morgan fingerprint density at radius 1 is 1.24 bits per heavy atom. The Balaban J connectivity index is 1.59. The summed E-state index contributed by atoms with van der Waals surface area (Å²) in [7, 11) is 0. The number of nitrogens with zero attached hydrogens (tertiary/aromatic N) is 4. The summed E-state index contributed by atoms with van der Waals surface area (Å²) in [5, 5.41) is 7.19. The minimum absolute atomic E-state index is 0.100. The van der Waals surface area contributed by atoms with Gasteiger partial charge in [-0.3, -0.25) is 4.90 Å². The second-order valence-electron chi connectivity index (χ2n) is 5.51. The zero-order chi connectivity index (χ0) is 14.9. The van der Waals surface area contributed by atoms with E-state index in [4.69, 9.17) is 4.52 Å². The molecule has 2 saturated heterocycles. The van der Waals surface area contributed by atoms with Crippen molar-refractivity contribution >= 4 is 5.95 Å². The Morgan fingerprint density at radius 2 is 2.00 bits per heavy atom. The van der Waals surface area contributed by atoms with E-state index in [1.165, 1.54) is 4.90 Å². The lowest BCUT2D eigenvalue weighted by Crippen LogP contribution is -2.44. The van der Waals surface area contributed by atoms with Gasteiger partial charge >= 0.3 is 6.18 Å². The monoisotopic (exact) mass is 305 g/mol. The van der Waals surface area contributed by atoms with Crippen LogP contribution in [-0.4, -0.2) is 67.0 Å². The highest BCUT2D eigenvalue weighted by Gasteiger charge is 2.36. The number of hydrogen-bond donors (Lipinski definition) is 1. The molecule has 0 bridgehead atoms. The van der Waals surface area contributed by atoms with E-state index in [9.17, 15) is 13.2 Å². The van der Waals surface area contributed by atoms with Crippen LogP contribution in [0.4, 0.5) is 19.1 Å². The molecular formula is C12H18F3N5O. The summed E-state index contributed by atoms with van der Waals surface area (Å²) >= 11 is 0. The number of rotatable bonds is 3. The normalized spacial score (nSPS) is 24.7. The van der Waals surface area contributed by atoms with Crippen molar-refractivity contribution in [3.63, 3.8) is 0 Å². The molecule has 0 spiro atoms. The van der Waals surface area contributed by atoms with Crippen molar-refractivity contribution in [1.82, 2.24) is 20.4 Å². The molecule has 0 amide bonds. The van der Waals surface area contributed by atoms with E-state index < -0.39 is 12.7 Å². The number of halogens is 3. The van der Waals surface area contributed by atoms with Gasteiger partial charge in [0.2, 0.25) is 5.89 Å². The van der Waals surface area contributed by atoms with E-state index in [1.807, 2.05) is 4.90 Å². The Labute approximate surface area is 120 Å². The fourth-order valence-corrected chi connectivity index (χ4v) is 2.82. The Kier molecular flexibility index (Phi) is 4.03.